The lowest BCUT2D eigenvalue weighted by Crippen LogP contribution is -2.30. The van der Waals surface area contributed by atoms with Gasteiger partial charge >= 0.3 is 0 Å². The summed E-state index contributed by atoms with van der Waals surface area (Å²) in [6.45, 7) is 7.39. The van der Waals surface area contributed by atoms with Gasteiger partial charge in [0.25, 0.3) is 0 Å². The van der Waals surface area contributed by atoms with E-state index in [2.05, 4.69) is 31.1 Å². The molecule has 0 amide bonds. The van der Waals surface area contributed by atoms with Crippen molar-refractivity contribution in [3.05, 3.63) is 29.0 Å². The molecule has 0 saturated carbocycles. The van der Waals surface area contributed by atoms with Gasteiger partial charge in [0.2, 0.25) is 0 Å². The minimum atomic E-state index is 0.507. The fraction of sp³-hybridized carbons (Fsp3) is 0.545. The van der Waals surface area contributed by atoms with Crippen molar-refractivity contribution in [3.63, 3.8) is 0 Å². The lowest BCUT2D eigenvalue weighted by atomic mass is 10.1. The smallest absolute Gasteiger partial charge is 0.0589 e. The molecule has 0 spiro atoms. The fourth-order valence-electron chi connectivity index (χ4n) is 1.01. The molecule has 14 heavy (non-hydrogen) atoms. The Labute approximate surface area is 90.7 Å². The molecule has 0 aliphatic carbocycles. The van der Waals surface area contributed by atoms with Crippen LogP contribution in [0, 0.1) is 5.92 Å². The molecule has 1 aromatic rings. The molecule has 2 nitrogen and oxygen atoms in total. The zero-order chi connectivity index (χ0) is 10.6. The third-order valence-corrected chi connectivity index (χ3v) is 2.62. The molecule has 1 unspecified atom stereocenters. The Bertz CT molecular complexity index is 269. The minimum absolute atomic E-state index is 0.507. The van der Waals surface area contributed by atoms with Crippen LogP contribution < -0.4 is 5.32 Å². The summed E-state index contributed by atoms with van der Waals surface area (Å²) in [5, 5.41) is 4.10. The second-order valence-electron chi connectivity index (χ2n) is 3.88. The van der Waals surface area contributed by atoms with Gasteiger partial charge in [0.15, 0.2) is 0 Å². The predicted octanol–water partition coefficient (Wildman–Crippen LogP) is 2.87. The van der Waals surface area contributed by atoms with E-state index in [4.69, 9.17) is 11.6 Å². The maximum absolute atomic E-state index is 5.74. The SMILES string of the molecule is CC(C)C(C)NCc1ccc(Cl)cn1. The normalized spacial score (nSPS) is 13.2. The zero-order valence-electron chi connectivity index (χ0n) is 8.92. The van der Waals surface area contributed by atoms with Gasteiger partial charge in [-0.25, -0.2) is 0 Å². The van der Waals surface area contributed by atoms with E-state index >= 15 is 0 Å². The number of aromatic nitrogens is 1. The largest absolute Gasteiger partial charge is 0.308 e. The van der Waals surface area contributed by atoms with Gasteiger partial charge in [-0.15, -0.1) is 0 Å². The van der Waals surface area contributed by atoms with Gasteiger partial charge in [0, 0.05) is 18.8 Å². The van der Waals surface area contributed by atoms with E-state index in [0.29, 0.717) is 17.0 Å². The summed E-state index contributed by atoms with van der Waals surface area (Å²) in [6, 6.07) is 4.32. The fourth-order valence-corrected chi connectivity index (χ4v) is 1.12. The lowest BCUT2D eigenvalue weighted by Gasteiger charge is -2.16. The Balaban J connectivity index is 2.42. The van der Waals surface area contributed by atoms with Crippen molar-refractivity contribution in [1.29, 1.82) is 0 Å². The van der Waals surface area contributed by atoms with E-state index in [1.54, 1.807) is 6.20 Å². The molecule has 0 saturated heterocycles. The average molecular weight is 213 g/mol. The maximum Gasteiger partial charge on any atom is 0.0589 e. The molecular formula is C11H17ClN2. The molecular weight excluding hydrogens is 196 g/mol. The van der Waals surface area contributed by atoms with Crippen LogP contribution in [0.3, 0.4) is 0 Å². The summed E-state index contributed by atoms with van der Waals surface area (Å²) in [7, 11) is 0. The third-order valence-electron chi connectivity index (χ3n) is 2.39. The summed E-state index contributed by atoms with van der Waals surface area (Å²) in [4.78, 5) is 4.22. The quantitative estimate of drug-likeness (QED) is 0.831. The van der Waals surface area contributed by atoms with Gasteiger partial charge in [0.1, 0.15) is 0 Å². The number of halogens is 1. The maximum atomic E-state index is 5.74. The first-order chi connectivity index (χ1) is 6.59. The van der Waals surface area contributed by atoms with Crippen LogP contribution >= 0.6 is 11.6 Å². The van der Waals surface area contributed by atoms with Gasteiger partial charge in [-0.1, -0.05) is 25.4 Å². The van der Waals surface area contributed by atoms with Crippen LogP contribution in [-0.2, 0) is 6.54 Å². The molecule has 78 valence electrons. The Kier molecular flexibility index (Phi) is 4.36. The molecule has 0 radical (unpaired) electrons. The van der Waals surface area contributed by atoms with Crippen LogP contribution in [0.4, 0.5) is 0 Å². The van der Waals surface area contributed by atoms with Crippen molar-refractivity contribution in [2.75, 3.05) is 0 Å². The monoisotopic (exact) mass is 212 g/mol. The van der Waals surface area contributed by atoms with E-state index in [9.17, 15) is 0 Å². The lowest BCUT2D eigenvalue weighted by molar-refractivity contribution is 0.424. The van der Waals surface area contributed by atoms with Gasteiger partial charge < -0.3 is 5.32 Å². The number of hydrogen-bond acceptors (Lipinski definition) is 2. The van der Waals surface area contributed by atoms with Gasteiger partial charge in [-0.05, 0) is 25.0 Å². The van der Waals surface area contributed by atoms with E-state index in [0.717, 1.165) is 12.2 Å². The van der Waals surface area contributed by atoms with Crippen LogP contribution in [0.1, 0.15) is 26.5 Å². The van der Waals surface area contributed by atoms with Crippen molar-refractivity contribution in [3.8, 4) is 0 Å². The molecule has 1 heterocycles. The number of hydrogen-bond donors (Lipinski definition) is 1. The molecule has 1 rings (SSSR count). The second kappa shape index (κ2) is 5.32. The van der Waals surface area contributed by atoms with E-state index < -0.39 is 0 Å². The highest BCUT2D eigenvalue weighted by molar-refractivity contribution is 6.30. The average Bonchev–Trinajstić information content (AvgIpc) is 2.16. The van der Waals surface area contributed by atoms with E-state index in [1.165, 1.54) is 0 Å². The Morgan fingerprint density at radius 1 is 1.36 bits per heavy atom. The van der Waals surface area contributed by atoms with Crippen LogP contribution in [-0.4, -0.2) is 11.0 Å². The van der Waals surface area contributed by atoms with Crippen LogP contribution in [0.25, 0.3) is 0 Å². The van der Waals surface area contributed by atoms with Gasteiger partial charge in [-0.3, -0.25) is 4.98 Å². The van der Waals surface area contributed by atoms with Crippen molar-refractivity contribution >= 4 is 11.6 Å². The molecule has 0 aliphatic rings. The van der Waals surface area contributed by atoms with Crippen molar-refractivity contribution in [1.82, 2.24) is 10.3 Å². The summed E-state index contributed by atoms with van der Waals surface area (Å²) in [5.41, 5.74) is 1.03. The molecule has 0 fully saturated rings. The molecule has 0 aliphatic heterocycles. The van der Waals surface area contributed by atoms with E-state index in [-0.39, 0.29) is 0 Å². The second-order valence-corrected chi connectivity index (χ2v) is 4.32. The zero-order valence-corrected chi connectivity index (χ0v) is 9.67. The van der Waals surface area contributed by atoms with Crippen molar-refractivity contribution in [2.24, 2.45) is 5.92 Å². The molecule has 3 heteroatoms. The van der Waals surface area contributed by atoms with Crippen LogP contribution in [0.2, 0.25) is 5.02 Å². The third kappa shape index (κ3) is 3.64. The number of nitrogens with one attached hydrogen (secondary N) is 1. The Hall–Kier alpha value is -0.600. The first-order valence-corrected chi connectivity index (χ1v) is 5.31. The molecule has 1 N–H and O–H groups in total. The molecule has 1 aromatic heterocycles. The molecule has 1 atom stereocenters. The summed E-state index contributed by atoms with van der Waals surface area (Å²) >= 11 is 5.74. The van der Waals surface area contributed by atoms with Crippen LogP contribution in [0.5, 0.6) is 0 Å². The highest BCUT2D eigenvalue weighted by Crippen LogP contribution is 2.07. The first kappa shape index (κ1) is 11.5. The van der Waals surface area contributed by atoms with Crippen LogP contribution in [0.15, 0.2) is 18.3 Å². The first-order valence-electron chi connectivity index (χ1n) is 4.93. The number of nitrogens with zero attached hydrogens (tertiary/aromatic N) is 1. The summed E-state index contributed by atoms with van der Waals surface area (Å²) < 4.78 is 0. The molecule has 0 aromatic carbocycles. The predicted molar refractivity (Wildman–Crippen MR) is 60.4 cm³/mol. The number of rotatable bonds is 4. The summed E-state index contributed by atoms with van der Waals surface area (Å²) in [5.74, 6) is 0.641. The number of pyridine rings is 1. The Morgan fingerprint density at radius 2 is 2.07 bits per heavy atom. The minimum Gasteiger partial charge on any atom is -0.308 e. The summed E-state index contributed by atoms with van der Waals surface area (Å²) in [6.07, 6.45) is 1.68. The highest BCUT2D eigenvalue weighted by Gasteiger charge is 2.05. The topological polar surface area (TPSA) is 24.9 Å². The van der Waals surface area contributed by atoms with Gasteiger partial charge in [-0.2, -0.15) is 0 Å². The van der Waals surface area contributed by atoms with Crippen molar-refractivity contribution < 1.29 is 0 Å². The Morgan fingerprint density at radius 3 is 2.57 bits per heavy atom. The molecule has 0 bridgehead atoms. The van der Waals surface area contributed by atoms with E-state index in [1.807, 2.05) is 12.1 Å². The highest BCUT2D eigenvalue weighted by atomic mass is 35.5. The van der Waals surface area contributed by atoms with Gasteiger partial charge in [0.05, 0.1) is 10.7 Å². The van der Waals surface area contributed by atoms with Crippen molar-refractivity contribution in [2.45, 2.75) is 33.4 Å². The standard InChI is InChI=1S/C11H17ClN2/c1-8(2)9(3)13-7-11-5-4-10(12)6-14-11/h4-6,8-9,13H,7H2,1-3H3.